The zero-order valence-corrected chi connectivity index (χ0v) is 8.32. The number of hydrogen-bond donors (Lipinski definition) is 1. The third-order valence-corrected chi connectivity index (χ3v) is 3.44. The standard InChI is InChI=1S/C8H15NO2S/c1-6-7(3-4-12-6)9-5-8(10)11-2/h6-7,9H,3-5H2,1-2H3. The van der Waals surface area contributed by atoms with Crippen LogP contribution >= 0.6 is 11.8 Å². The van der Waals surface area contributed by atoms with Crippen molar-refractivity contribution >= 4 is 17.7 Å². The van der Waals surface area contributed by atoms with Crippen LogP contribution in [-0.4, -0.2) is 36.7 Å². The van der Waals surface area contributed by atoms with Crippen molar-refractivity contribution in [2.45, 2.75) is 24.6 Å². The number of rotatable bonds is 3. The van der Waals surface area contributed by atoms with E-state index < -0.39 is 0 Å². The van der Waals surface area contributed by atoms with Gasteiger partial charge >= 0.3 is 5.97 Å². The molecule has 1 aliphatic heterocycles. The van der Waals surface area contributed by atoms with Crippen LogP contribution in [-0.2, 0) is 9.53 Å². The first kappa shape index (κ1) is 9.86. The van der Waals surface area contributed by atoms with Gasteiger partial charge in [0, 0.05) is 11.3 Å². The highest BCUT2D eigenvalue weighted by Gasteiger charge is 2.23. The Labute approximate surface area is 77.2 Å². The summed E-state index contributed by atoms with van der Waals surface area (Å²) < 4.78 is 4.54. The number of methoxy groups -OCH3 is 1. The van der Waals surface area contributed by atoms with Gasteiger partial charge in [0.2, 0.25) is 0 Å². The Morgan fingerprint density at radius 2 is 2.50 bits per heavy atom. The number of thioether (sulfide) groups is 1. The zero-order valence-electron chi connectivity index (χ0n) is 7.50. The van der Waals surface area contributed by atoms with E-state index in [1.807, 2.05) is 11.8 Å². The van der Waals surface area contributed by atoms with E-state index in [1.165, 1.54) is 12.9 Å². The van der Waals surface area contributed by atoms with Crippen molar-refractivity contribution < 1.29 is 9.53 Å². The number of carbonyl (C=O) groups is 1. The van der Waals surface area contributed by atoms with Crippen LogP contribution in [0.15, 0.2) is 0 Å². The normalized spacial score (nSPS) is 28.8. The van der Waals surface area contributed by atoms with Gasteiger partial charge in [-0.1, -0.05) is 6.92 Å². The maximum Gasteiger partial charge on any atom is 0.319 e. The van der Waals surface area contributed by atoms with Crippen molar-refractivity contribution in [2.75, 3.05) is 19.4 Å². The number of ether oxygens (including phenoxy) is 1. The number of nitrogens with one attached hydrogen (secondary N) is 1. The molecular weight excluding hydrogens is 174 g/mol. The van der Waals surface area contributed by atoms with Gasteiger partial charge in [0.15, 0.2) is 0 Å². The molecule has 3 nitrogen and oxygen atoms in total. The molecule has 1 saturated heterocycles. The van der Waals surface area contributed by atoms with Crippen molar-refractivity contribution in [1.82, 2.24) is 5.32 Å². The number of carbonyl (C=O) groups excluding carboxylic acids is 1. The Kier molecular flexibility index (Phi) is 3.88. The SMILES string of the molecule is COC(=O)CNC1CCSC1C. The molecule has 0 radical (unpaired) electrons. The van der Waals surface area contributed by atoms with Gasteiger partial charge in [0.1, 0.15) is 0 Å². The molecule has 1 heterocycles. The summed E-state index contributed by atoms with van der Waals surface area (Å²) in [6.07, 6.45) is 1.16. The monoisotopic (exact) mass is 189 g/mol. The molecular formula is C8H15NO2S. The van der Waals surface area contributed by atoms with Crippen LogP contribution in [0, 0.1) is 0 Å². The molecule has 0 aromatic rings. The summed E-state index contributed by atoms with van der Waals surface area (Å²) in [5.74, 6) is 1.01. The van der Waals surface area contributed by atoms with Crippen molar-refractivity contribution in [3.05, 3.63) is 0 Å². The average Bonchev–Trinajstić information content (AvgIpc) is 2.47. The highest BCUT2D eigenvalue weighted by Crippen LogP contribution is 2.25. The van der Waals surface area contributed by atoms with Crippen molar-refractivity contribution in [3.63, 3.8) is 0 Å². The van der Waals surface area contributed by atoms with E-state index in [0.717, 1.165) is 6.42 Å². The molecule has 0 amide bonds. The Balaban J connectivity index is 2.18. The Morgan fingerprint density at radius 3 is 3.00 bits per heavy atom. The topological polar surface area (TPSA) is 38.3 Å². The van der Waals surface area contributed by atoms with E-state index in [0.29, 0.717) is 17.8 Å². The van der Waals surface area contributed by atoms with Crippen LogP contribution in [0.25, 0.3) is 0 Å². The summed E-state index contributed by atoms with van der Waals surface area (Å²) in [7, 11) is 1.41. The molecule has 1 N–H and O–H groups in total. The first-order valence-corrected chi connectivity index (χ1v) is 5.20. The molecule has 2 atom stereocenters. The summed E-state index contributed by atoms with van der Waals surface area (Å²) in [4.78, 5) is 10.8. The van der Waals surface area contributed by atoms with Crippen molar-refractivity contribution in [3.8, 4) is 0 Å². The highest BCUT2D eigenvalue weighted by molar-refractivity contribution is 8.00. The summed E-state index contributed by atoms with van der Waals surface area (Å²) in [5, 5.41) is 3.81. The maximum absolute atomic E-state index is 10.8. The van der Waals surface area contributed by atoms with E-state index in [9.17, 15) is 4.79 Å². The number of hydrogen-bond acceptors (Lipinski definition) is 4. The van der Waals surface area contributed by atoms with Gasteiger partial charge < -0.3 is 10.1 Å². The molecule has 0 saturated carbocycles. The molecule has 4 heteroatoms. The molecule has 12 heavy (non-hydrogen) atoms. The lowest BCUT2D eigenvalue weighted by Gasteiger charge is -2.14. The summed E-state index contributed by atoms with van der Waals surface area (Å²) in [6.45, 7) is 2.53. The first-order chi connectivity index (χ1) is 5.74. The quantitative estimate of drug-likeness (QED) is 0.661. The molecule has 2 unspecified atom stereocenters. The van der Waals surface area contributed by atoms with Gasteiger partial charge in [-0.15, -0.1) is 0 Å². The third kappa shape index (κ3) is 2.68. The lowest BCUT2D eigenvalue weighted by molar-refractivity contribution is -0.139. The van der Waals surface area contributed by atoms with Crippen molar-refractivity contribution in [2.24, 2.45) is 0 Å². The van der Waals surface area contributed by atoms with Gasteiger partial charge in [-0.3, -0.25) is 4.79 Å². The van der Waals surface area contributed by atoms with Crippen molar-refractivity contribution in [1.29, 1.82) is 0 Å². The highest BCUT2D eigenvalue weighted by atomic mass is 32.2. The van der Waals surface area contributed by atoms with E-state index in [-0.39, 0.29) is 5.97 Å². The molecule has 0 aromatic heterocycles. The minimum Gasteiger partial charge on any atom is -0.468 e. The van der Waals surface area contributed by atoms with Gasteiger partial charge in [-0.05, 0) is 12.2 Å². The number of esters is 1. The predicted octanol–water partition coefficient (Wildman–Crippen LogP) is 0.643. The fraction of sp³-hybridized carbons (Fsp3) is 0.875. The summed E-state index contributed by atoms with van der Waals surface area (Å²) in [6, 6.07) is 0.481. The minimum absolute atomic E-state index is 0.181. The molecule has 1 rings (SSSR count). The molecule has 0 bridgehead atoms. The van der Waals surface area contributed by atoms with Gasteiger partial charge in [-0.25, -0.2) is 0 Å². The predicted molar refractivity (Wildman–Crippen MR) is 50.3 cm³/mol. The van der Waals surface area contributed by atoms with Crippen LogP contribution in [0.1, 0.15) is 13.3 Å². The smallest absolute Gasteiger partial charge is 0.319 e. The van der Waals surface area contributed by atoms with Gasteiger partial charge in [0.25, 0.3) is 0 Å². The van der Waals surface area contributed by atoms with E-state index in [2.05, 4.69) is 17.0 Å². The summed E-state index contributed by atoms with van der Waals surface area (Å²) in [5.41, 5.74) is 0. The lowest BCUT2D eigenvalue weighted by Crippen LogP contribution is -2.37. The first-order valence-electron chi connectivity index (χ1n) is 4.16. The lowest BCUT2D eigenvalue weighted by atomic mass is 10.2. The minimum atomic E-state index is -0.181. The molecule has 70 valence electrons. The second-order valence-electron chi connectivity index (χ2n) is 2.93. The fourth-order valence-corrected chi connectivity index (χ4v) is 2.51. The van der Waals surface area contributed by atoms with Crippen LogP contribution in [0.2, 0.25) is 0 Å². The molecule has 1 aliphatic rings. The third-order valence-electron chi connectivity index (χ3n) is 2.11. The van der Waals surface area contributed by atoms with Crippen LogP contribution in [0.4, 0.5) is 0 Å². The Hall–Kier alpha value is -0.220. The van der Waals surface area contributed by atoms with E-state index in [1.54, 1.807) is 0 Å². The van der Waals surface area contributed by atoms with Gasteiger partial charge in [0.05, 0.1) is 13.7 Å². The largest absolute Gasteiger partial charge is 0.468 e. The van der Waals surface area contributed by atoms with E-state index in [4.69, 9.17) is 0 Å². The van der Waals surface area contributed by atoms with Crippen LogP contribution < -0.4 is 5.32 Å². The molecule has 0 aromatic carbocycles. The maximum atomic E-state index is 10.8. The van der Waals surface area contributed by atoms with Gasteiger partial charge in [-0.2, -0.15) is 11.8 Å². The van der Waals surface area contributed by atoms with Crippen LogP contribution in [0.3, 0.4) is 0 Å². The average molecular weight is 189 g/mol. The molecule has 1 fully saturated rings. The second kappa shape index (κ2) is 4.72. The fourth-order valence-electron chi connectivity index (χ4n) is 1.29. The van der Waals surface area contributed by atoms with E-state index >= 15 is 0 Å². The molecule has 0 aliphatic carbocycles. The zero-order chi connectivity index (χ0) is 8.97. The van der Waals surface area contributed by atoms with Crippen LogP contribution in [0.5, 0.6) is 0 Å². The second-order valence-corrected chi connectivity index (χ2v) is 4.41. The Bertz CT molecular complexity index is 163. The summed E-state index contributed by atoms with van der Waals surface area (Å²) >= 11 is 1.95. The molecule has 0 spiro atoms. The Morgan fingerprint density at radius 1 is 1.75 bits per heavy atom.